The van der Waals surface area contributed by atoms with Crippen LogP contribution in [0.1, 0.15) is 27.6 Å². The number of hydrogen-bond acceptors (Lipinski definition) is 2. The average Bonchev–Trinajstić information content (AvgIpc) is 2.62. The fourth-order valence-corrected chi connectivity index (χ4v) is 2.56. The number of aromatic carboxylic acids is 1. The summed E-state index contributed by atoms with van der Waals surface area (Å²) in [6.45, 7) is 1.55. The van der Waals surface area contributed by atoms with Crippen LogP contribution in [0.5, 0.6) is 0 Å². The van der Waals surface area contributed by atoms with Gasteiger partial charge in [0.15, 0.2) is 5.78 Å². The maximum absolute atomic E-state index is 11.3. The van der Waals surface area contributed by atoms with Crippen molar-refractivity contribution in [3.63, 3.8) is 0 Å². The molecule has 118 valence electrons. The lowest BCUT2D eigenvalue weighted by molar-refractivity contribution is 0.0696. The van der Waals surface area contributed by atoms with E-state index in [1.165, 1.54) is 0 Å². The molecule has 0 bridgehead atoms. The fraction of sp³-hybridized carbons (Fsp3) is 0.0476. The summed E-state index contributed by atoms with van der Waals surface area (Å²) in [6, 6.07) is 22.4. The predicted octanol–water partition coefficient (Wildman–Crippen LogP) is 4.92. The van der Waals surface area contributed by atoms with E-state index in [1.54, 1.807) is 31.2 Å². The molecule has 0 unspecified atom stereocenters. The Morgan fingerprint density at radius 1 is 0.583 bits per heavy atom. The van der Waals surface area contributed by atoms with Crippen molar-refractivity contribution in [3.05, 3.63) is 83.9 Å². The summed E-state index contributed by atoms with van der Waals surface area (Å²) in [5, 5.41) is 8.94. The molecule has 3 nitrogen and oxygen atoms in total. The Morgan fingerprint density at radius 3 is 1.17 bits per heavy atom. The van der Waals surface area contributed by atoms with Crippen LogP contribution in [0.2, 0.25) is 0 Å². The summed E-state index contributed by atoms with van der Waals surface area (Å²) in [7, 11) is 0. The number of carbonyl (C=O) groups is 2. The van der Waals surface area contributed by atoms with E-state index in [2.05, 4.69) is 0 Å². The molecule has 0 aliphatic heterocycles. The summed E-state index contributed by atoms with van der Waals surface area (Å²) < 4.78 is 0. The number of Topliss-reactive ketones (excluding diaryl/α,β-unsaturated/α-hetero) is 1. The van der Waals surface area contributed by atoms with E-state index in [4.69, 9.17) is 5.11 Å². The topological polar surface area (TPSA) is 54.4 Å². The maximum atomic E-state index is 11.3. The van der Waals surface area contributed by atoms with Crippen LogP contribution in [0.25, 0.3) is 22.3 Å². The standard InChI is InChI=1S/C21H16O3/c1-14(22)15-2-4-16(5-3-15)17-6-8-18(9-7-17)19-10-12-20(13-11-19)21(23)24/h2-13H,1H3,(H,23,24). The molecule has 0 aliphatic rings. The Morgan fingerprint density at radius 2 is 0.875 bits per heavy atom. The molecular formula is C21H16O3. The number of carbonyl (C=O) groups excluding carboxylic acids is 1. The van der Waals surface area contributed by atoms with Gasteiger partial charge in [-0.3, -0.25) is 4.79 Å². The molecule has 3 heteroatoms. The molecule has 0 aromatic heterocycles. The average molecular weight is 316 g/mol. The lowest BCUT2D eigenvalue weighted by Gasteiger charge is -2.06. The molecule has 3 aromatic rings. The van der Waals surface area contributed by atoms with E-state index < -0.39 is 5.97 Å². The first-order valence-corrected chi connectivity index (χ1v) is 7.60. The highest BCUT2D eigenvalue weighted by atomic mass is 16.4. The third kappa shape index (κ3) is 3.25. The molecule has 3 rings (SSSR count). The first-order valence-electron chi connectivity index (χ1n) is 7.60. The van der Waals surface area contributed by atoms with Gasteiger partial charge in [0.2, 0.25) is 0 Å². The van der Waals surface area contributed by atoms with Crippen LogP contribution in [-0.2, 0) is 0 Å². The highest BCUT2D eigenvalue weighted by Gasteiger charge is 2.05. The quantitative estimate of drug-likeness (QED) is 0.695. The van der Waals surface area contributed by atoms with Crippen LogP contribution >= 0.6 is 0 Å². The van der Waals surface area contributed by atoms with Gasteiger partial charge in [0.05, 0.1) is 5.56 Å². The number of carboxylic acid groups (broad SMARTS) is 1. The molecule has 0 saturated carbocycles. The maximum Gasteiger partial charge on any atom is 0.335 e. The summed E-state index contributed by atoms with van der Waals surface area (Å²) in [4.78, 5) is 22.2. The van der Waals surface area contributed by atoms with Gasteiger partial charge < -0.3 is 5.11 Å². The van der Waals surface area contributed by atoms with E-state index >= 15 is 0 Å². The minimum absolute atomic E-state index is 0.0571. The lowest BCUT2D eigenvalue weighted by Crippen LogP contribution is -1.94. The molecule has 0 heterocycles. The third-order valence-electron chi connectivity index (χ3n) is 3.97. The zero-order valence-corrected chi connectivity index (χ0v) is 13.2. The number of benzene rings is 3. The van der Waals surface area contributed by atoms with Gasteiger partial charge in [-0.2, -0.15) is 0 Å². The first kappa shape index (κ1) is 15.7. The molecule has 0 fully saturated rings. The second kappa shape index (κ2) is 6.50. The van der Waals surface area contributed by atoms with Crippen molar-refractivity contribution in [3.8, 4) is 22.3 Å². The van der Waals surface area contributed by atoms with Crippen molar-refractivity contribution in [2.75, 3.05) is 0 Å². The zero-order chi connectivity index (χ0) is 17.1. The van der Waals surface area contributed by atoms with Crippen LogP contribution in [0, 0.1) is 0 Å². The van der Waals surface area contributed by atoms with Crippen molar-refractivity contribution in [2.45, 2.75) is 6.92 Å². The van der Waals surface area contributed by atoms with Crippen LogP contribution in [-0.4, -0.2) is 16.9 Å². The normalized spacial score (nSPS) is 10.4. The largest absolute Gasteiger partial charge is 0.478 e. The van der Waals surface area contributed by atoms with Crippen LogP contribution in [0.4, 0.5) is 0 Å². The van der Waals surface area contributed by atoms with Gasteiger partial charge >= 0.3 is 5.97 Å². The summed E-state index contributed by atoms with van der Waals surface area (Å²) >= 11 is 0. The molecule has 0 saturated heterocycles. The second-order valence-corrected chi connectivity index (χ2v) is 5.59. The summed E-state index contributed by atoms with van der Waals surface area (Å²) in [6.07, 6.45) is 0. The van der Waals surface area contributed by atoms with Gasteiger partial charge in [0.1, 0.15) is 0 Å². The summed E-state index contributed by atoms with van der Waals surface area (Å²) in [5.41, 5.74) is 5.09. The van der Waals surface area contributed by atoms with Gasteiger partial charge in [-0.15, -0.1) is 0 Å². The molecule has 0 aliphatic carbocycles. The Balaban J connectivity index is 1.84. The Bertz CT molecular complexity index is 797. The van der Waals surface area contributed by atoms with Gasteiger partial charge in [-0.05, 0) is 41.3 Å². The molecule has 0 atom stereocenters. The molecule has 0 amide bonds. The number of rotatable bonds is 4. The van der Waals surface area contributed by atoms with E-state index in [1.807, 2.05) is 48.5 Å². The van der Waals surface area contributed by atoms with Crippen LogP contribution in [0.3, 0.4) is 0 Å². The van der Waals surface area contributed by atoms with Crippen LogP contribution in [0.15, 0.2) is 72.8 Å². The van der Waals surface area contributed by atoms with Crippen molar-refractivity contribution >= 4 is 11.8 Å². The minimum atomic E-state index is -0.925. The molecule has 3 aromatic carbocycles. The highest BCUT2D eigenvalue weighted by molar-refractivity contribution is 5.94. The first-order chi connectivity index (χ1) is 11.5. The Labute approximate surface area is 140 Å². The lowest BCUT2D eigenvalue weighted by atomic mass is 9.98. The van der Waals surface area contributed by atoms with Crippen molar-refractivity contribution in [1.82, 2.24) is 0 Å². The monoisotopic (exact) mass is 316 g/mol. The molecule has 0 radical (unpaired) electrons. The van der Waals surface area contributed by atoms with Gasteiger partial charge in [0.25, 0.3) is 0 Å². The fourth-order valence-electron chi connectivity index (χ4n) is 2.56. The van der Waals surface area contributed by atoms with Crippen molar-refractivity contribution in [1.29, 1.82) is 0 Å². The SMILES string of the molecule is CC(=O)c1ccc(-c2ccc(-c3ccc(C(=O)O)cc3)cc2)cc1. The molecule has 0 spiro atoms. The van der Waals surface area contributed by atoms with E-state index in [0.29, 0.717) is 5.56 Å². The highest BCUT2D eigenvalue weighted by Crippen LogP contribution is 2.25. The van der Waals surface area contributed by atoms with Crippen molar-refractivity contribution < 1.29 is 14.7 Å². The third-order valence-corrected chi connectivity index (χ3v) is 3.97. The van der Waals surface area contributed by atoms with Gasteiger partial charge in [-0.25, -0.2) is 4.79 Å². The van der Waals surface area contributed by atoms with E-state index in [0.717, 1.165) is 22.3 Å². The van der Waals surface area contributed by atoms with Crippen LogP contribution < -0.4 is 0 Å². The predicted molar refractivity (Wildman–Crippen MR) is 94.3 cm³/mol. The smallest absolute Gasteiger partial charge is 0.335 e. The number of carboxylic acids is 1. The van der Waals surface area contributed by atoms with Gasteiger partial charge in [-0.1, -0.05) is 60.7 Å². The number of hydrogen-bond donors (Lipinski definition) is 1. The molecule has 24 heavy (non-hydrogen) atoms. The van der Waals surface area contributed by atoms with E-state index in [-0.39, 0.29) is 11.3 Å². The van der Waals surface area contributed by atoms with Crippen molar-refractivity contribution in [2.24, 2.45) is 0 Å². The van der Waals surface area contributed by atoms with E-state index in [9.17, 15) is 9.59 Å². The minimum Gasteiger partial charge on any atom is -0.478 e. The zero-order valence-electron chi connectivity index (χ0n) is 13.2. The van der Waals surface area contributed by atoms with Gasteiger partial charge in [0, 0.05) is 5.56 Å². The number of ketones is 1. The Hall–Kier alpha value is -3.20. The molecule has 1 N–H and O–H groups in total. The Kier molecular flexibility index (Phi) is 4.25. The molecular weight excluding hydrogens is 300 g/mol. The summed E-state index contributed by atoms with van der Waals surface area (Å²) in [5.74, 6) is -0.868. The second-order valence-electron chi connectivity index (χ2n) is 5.59.